The first-order valence-corrected chi connectivity index (χ1v) is 6.32. The lowest BCUT2D eigenvalue weighted by molar-refractivity contribution is 1.12. The number of anilines is 2. The van der Waals surface area contributed by atoms with Crippen molar-refractivity contribution in [2.24, 2.45) is 0 Å². The van der Waals surface area contributed by atoms with E-state index in [0.29, 0.717) is 5.82 Å². The molecule has 0 spiro atoms. The molecule has 0 aliphatic heterocycles. The van der Waals surface area contributed by atoms with Crippen molar-refractivity contribution in [1.29, 1.82) is 0 Å². The number of nitrogens with two attached hydrogens (primary N) is 1. The van der Waals surface area contributed by atoms with E-state index in [0.717, 1.165) is 18.1 Å². The number of nitrogen functional groups attached to an aromatic ring is 1. The summed E-state index contributed by atoms with van der Waals surface area (Å²) in [4.78, 5) is 9.18. The number of hydrogen-bond donors (Lipinski definition) is 2. The molecule has 0 radical (unpaired) electrons. The zero-order valence-electron chi connectivity index (χ0n) is 9.34. The van der Waals surface area contributed by atoms with E-state index < -0.39 is 0 Å². The van der Waals surface area contributed by atoms with Crippen molar-refractivity contribution in [3.8, 4) is 0 Å². The van der Waals surface area contributed by atoms with Crippen molar-refractivity contribution in [3.05, 3.63) is 42.7 Å². The van der Waals surface area contributed by atoms with Gasteiger partial charge in [0.1, 0.15) is 18.0 Å². The minimum Gasteiger partial charge on any atom is -0.384 e. The Kier molecular flexibility index (Phi) is 4.21. The monoisotopic (exact) mass is 246 g/mol. The van der Waals surface area contributed by atoms with E-state index in [1.807, 2.05) is 18.2 Å². The minimum absolute atomic E-state index is 0.484. The van der Waals surface area contributed by atoms with Crippen LogP contribution in [0.4, 0.5) is 11.6 Å². The third-order valence-corrected chi connectivity index (χ3v) is 3.12. The van der Waals surface area contributed by atoms with Gasteiger partial charge in [-0.25, -0.2) is 9.97 Å². The van der Waals surface area contributed by atoms with Gasteiger partial charge in [0.2, 0.25) is 0 Å². The molecule has 0 fully saturated rings. The zero-order valence-corrected chi connectivity index (χ0v) is 10.2. The number of aromatic nitrogens is 2. The second kappa shape index (κ2) is 6.10. The van der Waals surface area contributed by atoms with E-state index in [-0.39, 0.29) is 0 Å². The van der Waals surface area contributed by atoms with Crippen molar-refractivity contribution in [2.45, 2.75) is 4.90 Å². The normalized spacial score (nSPS) is 10.1. The average molecular weight is 246 g/mol. The van der Waals surface area contributed by atoms with Crippen molar-refractivity contribution >= 4 is 23.4 Å². The molecule has 3 N–H and O–H groups in total. The molecule has 0 aliphatic carbocycles. The van der Waals surface area contributed by atoms with Crippen LogP contribution in [0, 0.1) is 0 Å². The first-order chi connectivity index (χ1) is 8.34. The zero-order chi connectivity index (χ0) is 11.9. The summed E-state index contributed by atoms with van der Waals surface area (Å²) < 4.78 is 0. The van der Waals surface area contributed by atoms with Crippen LogP contribution >= 0.6 is 11.8 Å². The number of nitrogens with one attached hydrogen (secondary N) is 1. The molecule has 1 aromatic heterocycles. The molecule has 2 rings (SSSR count). The summed E-state index contributed by atoms with van der Waals surface area (Å²) in [7, 11) is 0. The van der Waals surface area contributed by atoms with Gasteiger partial charge in [-0.3, -0.25) is 0 Å². The van der Waals surface area contributed by atoms with Crippen LogP contribution in [-0.4, -0.2) is 22.3 Å². The van der Waals surface area contributed by atoms with Gasteiger partial charge in [0.05, 0.1) is 0 Å². The van der Waals surface area contributed by atoms with Crippen LogP contribution in [0.25, 0.3) is 0 Å². The van der Waals surface area contributed by atoms with Crippen LogP contribution in [0.5, 0.6) is 0 Å². The highest BCUT2D eigenvalue weighted by atomic mass is 32.2. The number of rotatable bonds is 5. The molecule has 17 heavy (non-hydrogen) atoms. The lowest BCUT2D eigenvalue weighted by atomic mass is 10.4. The minimum atomic E-state index is 0.484. The smallest absolute Gasteiger partial charge is 0.131 e. The van der Waals surface area contributed by atoms with Gasteiger partial charge >= 0.3 is 0 Å². The standard InChI is InChI=1S/C12H14N4S/c13-11-8-12(16-9-15-11)14-6-7-17-10-4-2-1-3-5-10/h1-5,8-9H,6-7H2,(H3,13,14,15,16). The van der Waals surface area contributed by atoms with Crippen LogP contribution in [0.2, 0.25) is 0 Å². The van der Waals surface area contributed by atoms with Crippen molar-refractivity contribution in [1.82, 2.24) is 9.97 Å². The maximum Gasteiger partial charge on any atom is 0.131 e. The first kappa shape index (κ1) is 11.7. The summed E-state index contributed by atoms with van der Waals surface area (Å²) >= 11 is 1.81. The van der Waals surface area contributed by atoms with Crippen molar-refractivity contribution in [2.75, 3.05) is 23.3 Å². The molecule has 4 nitrogen and oxygen atoms in total. The lowest BCUT2D eigenvalue weighted by Gasteiger charge is -2.05. The third kappa shape index (κ3) is 3.96. The van der Waals surface area contributed by atoms with Crippen LogP contribution in [0.15, 0.2) is 47.6 Å². The van der Waals surface area contributed by atoms with Crippen LogP contribution < -0.4 is 11.1 Å². The van der Waals surface area contributed by atoms with Gasteiger partial charge in [-0.2, -0.15) is 0 Å². The average Bonchev–Trinajstić information content (AvgIpc) is 2.36. The number of nitrogens with zero attached hydrogens (tertiary/aromatic N) is 2. The van der Waals surface area contributed by atoms with E-state index >= 15 is 0 Å². The van der Waals surface area contributed by atoms with Crippen molar-refractivity contribution in [3.63, 3.8) is 0 Å². The topological polar surface area (TPSA) is 63.8 Å². The summed E-state index contributed by atoms with van der Waals surface area (Å²) in [6.45, 7) is 0.843. The molecule has 5 heteroatoms. The second-order valence-corrected chi connectivity index (χ2v) is 4.58. The van der Waals surface area contributed by atoms with Gasteiger partial charge in [-0.15, -0.1) is 11.8 Å². The molecule has 0 aliphatic rings. The Morgan fingerprint density at radius 3 is 2.76 bits per heavy atom. The fourth-order valence-electron chi connectivity index (χ4n) is 1.33. The molecule has 2 aromatic rings. The highest BCUT2D eigenvalue weighted by Crippen LogP contribution is 2.16. The van der Waals surface area contributed by atoms with Gasteiger partial charge in [-0.1, -0.05) is 18.2 Å². The molecular weight excluding hydrogens is 232 g/mol. The summed E-state index contributed by atoms with van der Waals surface area (Å²) in [6, 6.07) is 12.0. The second-order valence-electron chi connectivity index (χ2n) is 3.42. The Morgan fingerprint density at radius 2 is 2.00 bits per heavy atom. The molecule has 0 saturated carbocycles. The van der Waals surface area contributed by atoms with Gasteiger partial charge in [0, 0.05) is 23.3 Å². The van der Waals surface area contributed by atoms with E-state index in [1.54, 1.807) is 17.8 Å². The highest BCUT2D eigenvalue weighted by Gasteiger charge is 1.95. The van der Waals surface area contributed by atoms with Crippen LogP contribution in [0.3, 0.4) is 0 Å². The molecule has 0 unspecified atom stereocenters. The molecule has 1 heterocycles. The third-order valence-electron chi connectivity index (χ3n) is 2.11. The van der Waals surface area contributed by atoms with Gasteiger partial charge in [0.25, 0.3) is 0 Å². The predicted molar refractivity (Wildman–Crippen MR) is 72.1 cm³/mol. The predicted octanol–water partition coefficient (Wildman–Crippen LogP) is 2.26. The number of benzene rings is 1. The summed E-state index contributed by atoms with van der Waals surface area (Å²) in [5, 5.41) is 3.20. The Morgan fingerprint density at radius 1 is 1.18 bits per heavy atom. The number of hydrogen-bond acceptors (Lipinski definition) is 5. The summed E-state index contributed by atoms with van der Waals surface area (Å²) in [5.41, 5.74) is 5.56. The van der Waals surface area contributed by atoms with Gasteiger partial charge in [0.15, 0.2) is 0 Å². The molecule has 0 atom stereocenters. The Labute approximate surface area is 105 Å². The fourth-order valence-corrected chi connectivity index (χ4v) is 2.12. The van der Waals surface area contributed by atoms with E-state index in [1.165, 1.54) is 11.2 Å². The van der Waals surface area contributed by atoms with Crippen LogP contribution in [-0.2, 0) is 0 Å². The van der Waals surface area contributed by atoms with Gasteiger partial charge in [-0.05, 0) is 12.1 Å². The maximum absolute atomic E-state index is 5.56. The van der Waals surface area contributed by atoms with E-state index in [4.69, 9.17) is 5.73 Å². The Bertz CT molecular complexity index is 461. The Balaban J connectivity index is 1.73. The molecular formula is C12H14N4S. The SMILES string of the molecule is Nc1cc(NCCSc2ccccc2)ncn1. The number of thioether (sulfide) groups is 1. The molecule has 1 aromatic carbocycles. The highest BCUT2D eigenvalue weighted by molar-refractivity contribution is 7.99. The van der Waals surface area contributed by atoms with E-state index in [2.05, 4.69) is 27.4 Å². The van der Waals surface area contributed by atoms with Crippen LogP contribution in [0.1, 0.15) is 0 Å². The fraction of sp³-hybridized carbons (Fsp3) is 0.167. The van der Waals surface area contributed by atoms with E-state index in [9.17, 15) is 0 Å². The van der Waals surface area contributed by atoms with Gasteiger partial charge < -0.3 is 11.1 Å². The lowest BCUT2D eigenvalue weighted by Crippen LogP contribution is -2.06. The summed E-state index contributed by atoms with van der Waals surface area (Å²) in [6.07, 6.45) is 1.46. The Hall–Kier alpha value is -1.75. The maximum atomic E-state index is 5.56. The van der Waals surface area contributed by atoms with Crippen molar-refractivity contribution < 1.29 is 0 Å². The molecule has 0 amide bonds. The first-order valence-electron chi connectivity index (χ1n) is 5.34. The largest absolute Gasteiger partial charge is 0.384 e. The quantitative estimate of drug-likeness (QED) is 0.626. The molecule has 88 valence electrons. The summed E-state index contributed by atoms with van der Waals surface area (Å²) in [5.74, 6) is 2.23. The molecule has 0 bridgehead atoms. The molecule has 0 saturated heterocycles.